The van der Waals surface area contributed by atoms with Crippen molar-refractivity contribution in [3.8, 4) is 0 Å². The van der Waals surface area contributed by atoms with Crippen LogP contribution in [-0.4, -0.2) is 16.7 Å². The zero-order chi connectivity index (χ0) is 16.7. The second kappa shape index (κ2) is 13.6. The minimum atomic E-state index is 0.170. The molecule has 0 saturated carbocycles. The Morgan fingerprint density at radius 3 is 2.09 bits per heavy atom. The lowest BCUT2D eigenvalue weighted by Gasteiger charge is -2.39. The van der Waals surface area contributed by atoms with E-state index in [1.165, 1.54) is 57.8 Å². The average Bonchev–Trinajstić information content (AvgIpc) is 2.52. The maximum Gasteiger partial charge on any atom is 0.0426 e. The topological polar surface area (TPSA) is 15.6 Å². The van der Waals surface area contributed by atoms with Gasteiger partial charge in [0.1, 0.15) is 0 Å². The molecule has 0 saturated heterocycles. The highest BCUT2D eigenvalue weighted by Gasteiger charge is 2.27. The van der Waals surface area contributed by atoms with Crippen molar-refractivity contribution in [1.82, 2.24) is 4.90 Å². The Balaban J connectivity index is 4.77. The normalized spacial score (nSPS) is 14.5. The number of hydrogen-bond donors (Lipinski definition) is 0. The van der Waals surface area contributed by atoms with Crippen LogP contribution in [0, 0.1) is 0 Å². The van der Waals surface area contributed by atoms with E-state index in [4.69, 9.17) is 0 Å². The van der Waals surface area contributed by atoms with Crippen molar-refractivity contribution in [1.29, 1.82) is 0 Å². The fraction of sp³-hybridized carbons (Fsp3) is 0.750. The van der Waals surface area contributed by atoms with Gasteiger partial charge in [-0.25, -0.2) is 0 Å². The summed E-state index contributed by atoms with van der Waals surface area (Å²) in [5, 5.41) is 0. The van der Waals surface area contributed by atoms with Crippen LogP contribution in [0.25, 0.3) is 0 Å². The van der Waals surface area contributed by atoms with E-state index in [1.54, 1.807) is 0 Å². The van der Waals surface area contributed by atoms with Crippen LogP contribution < -0.4 is 0 Å². The summed E-state index contributed by atoms with van der Waals surface area (Å²) in [6, 6.07) is 0. The first-order chi connectivity index (χ1) is 10.6. The van der Waals surface area contributed by atoms with Crippen molar-refractivity contribution < 1.29 is 0 Å². The zero-order valence-electron chi connectivity index (χ0n) is 15.5. The third-order valence-corrected chi connectivity index (χ3v) is 4.31. The zero-order valence-corrected chi connectivity index (χ0v) is 15.5. The maximum atomic E-state index is 4.30. The number of unbranched alkanes of at least 4 members (excludes halogenated alkanes) is 5. The van der Waals surface area contributed by atoms with E-state index < -0.39 is 0 Å². The lowest BCUT2D eigenvalue weighted by Crippen LogP contribution is -2.39. The number of nitrogens with zero attached hydrogens (tertiary/aromatic N) is 2. The van der Waals surface area contributed by atoms with E-state index in [0.717, 1.165) is 6.42 Å². The third kappa shape index (κ3) is 9.07. The van der Waals surface area contributed by atoms with E-state index in [0.29, 0.717) is 0 Å². The molecule has 0 heterocycles. The highest BCUT2D eigenvalue weighted by atomic mass is 15.2. The van der Waals surface area contributed by atoms with Gasteiger partial charge in [0.05, 0.1) is 0 Å². The van der Waals surface area contributed by atoms with E-state index in [2.05, 4.69) is 50.4 Å². The minimum absolute atomic E-state index is 0.170. The standard InChI is InChI=1S/C20H38N2/c1-6-10-12-14-16-20(5,15-13-11-7-2)22(9-4)19-18-21-17-8-3/h9,17-19H,4,6-8,10-16H2,1-3,5H3/b19-18-,21-17?. The van der Waals surface area contributed by atoms with E-state index >= 15 is 0 Å². The maximum absolute atomic E-state index is 4.30. The van der Waals surface area contributed by atoms with Gasteiger partial charge in [-0.3, -0.25) is 4.99 Å². The van der Waals surface area contributed by atoms with Crippen LogP contribution >= 0.6 is 0 Å². The third-order valence-electron chi connectivity index (χ3n) is 4.31. The van der Waals surface area contributed by atoms with Gasteiger partial charge in [0.25, 0.3) is 0 Å². The van der Waals surface area contributed by atoms with Crippen LogP contribution in [0.4, 0.5) is 0 Å². The molecule has 0 aromatic rings. The molecule has 0 amide bonds. The summed E-state index contributed by atoms with van der Waals surface area (Å²) < 4.78 is 0. The van der Waals surface area contributed by atoms with Crippen molar-refractivity contribution in [2.24, 2.45) is 4.99 Å². The van der Waals surface area contributed by atoms with Gasteiger partial charge in [-0.05, 0) is 32.4 Å². The minimum Gasteiger partial charge on any atom is -0.348 e. The first kappa shape index (κ1) is 20.9. The summed E-state index contributed by atoms with van der Waals surface area (Å²) in [6.45, 7) is 13.0. The molecule has 0 aliphatic heterocycles. The molecule has 0 N–H and O–H groups in total. The van der Waals surface area contributed by atoms with Crippen LogP contribution in [0.2, 0.25) is 0 Å². The number of hydrogen-bond acceptors (Lipinski definition) is 2. The molecule has 0 radical (unpaired) electrons. The molecular weight excluding hydrogens is 268 g/mol. The van der Waals surface area contributed by atoms with Crippen LogP contribution in [0.3, 0.4) is 0 Å². The SMILES string of the molecule is C=CN(/C=C\N=CCC)C(C)(CCCCC)CCCCCC. The highest BCUT2D eigenvalue weighted by Crippen LogP contribution is 2.29. The molecule has 0 spiro atoms. The van der Waals surface area contributed by atoms with Gasteiger partial charge in [0, 0.05) is 24.2 Å². The summed E-state index contributed by atoms with van der Waals surface area (Å²) in [7, 11) is 0. The summed E-state index contributed by atoms with van der Waals surface area (Å²) in [6.07, 6.45) is 20.5. The molecule has 22 heavy (non-hydrogen) atoms. The van der Waals surface area contributed by atoms with Gasteiger partial charge < -0.3 is 4.90 Å². The first-order valence-electron chi connectivity index (χ1n) is 9.23. The van der Waals surface area contributed by atoms with Crippen molar-refractivity contribution in [3.63, 3.8) is 0 Å². The molecule has 0 rings (SSSR count). The van der Waals surface area contributed by atoms with Gasteiger partial charge in [-0.15, -0.1) is 0 Å². The molecule has 0 aromatic carbocycles. The fourth-order valence-electron chi connectivity index (χ4n) is 2.81. The van der Waals surface area contributed by atoms with Crippen molar-refractivity contribution in [2.45, 2.75) is 97.4 Å². The Morgan fingerprint density at radius 1 is 0.955 bits per heavy atom. The molecule has 0 aromatic heterocycles. The van der Waals surface area contributed by atoms with E-state index in [1.807, 2.05) is 18.6 Å². The van der Waals surface area contributed by atoms with Gasteiger partial charge in [0.2, 0.25) is 0 Å². The highest BCUT2D eigenvalue weighted by molar-refractivity contribution is 5.57. The van der Waals surface area contributed by atoms with Gasteiger partial charge in [-0.2, -0.15) is 0 Å². The second-order valence-electron chi connectivity index (χ2n) is 6.39. The predicted octanol–water partition coefficient (Wildman–Crippen LogP) is 6.69. The van der Waals surface area contributed by atoms with Crippen LogP contribution in [0.1, 0.15) is 91.9 Å². The van der Waals surface area contributed by atoms with Crippen LogP contribution in [0.5, 0.6) is 0 Å². The molecular formula is C20H38N2. The van der Waals surface area contributed by atoms with Gasteiger partial charge in [-0.1, -0.05) is 72.3 Å². The average molecular weight is 307 g/mol. The largest absolute Gasteiger partial charge is 0.348 e. The molecule has 2 heteroatoms. The Labute approximate surface area is 139 Å². The van der Waals surface area contributed by atoms with Crippen molar-refractivity contribution >= 4 is 6.21 Å². The Morgan fingerprint density at radius 2 is 1.55 bits per heavy atom. The molecule has 1 atom stereocenters. The monoisotopic (exact) mass is 306 g/mol. The second-order valence-corrected chi connectivity index (χ2v) is 6.39. The van der Waals surface area contributed by atoms with Crippen molar-refractivity contribution in [3.05, 3.63) is 25.2 Å². The fourth-order valence-corrected chi connectivity index (χ4v) is 2.81. The molecule has 0 bridgehead atoms. The van der Waals surface area contributed by atoms with E-state index in [9.17, 15) is 0 Å². The molecule has 2 nitrogen and oxygen atoms in total. The summed E-state index contributed by atoms with van der Waals surface area (Å²) in [5.74, 6) is 0. The van der Waals surface area contributed by atoms with Crippen LogP contribution in [-0.2, 0) is 0 Å². The molecule has 1 unspecified atom stereocenters. The molecule has 128 valence electrons. The number of aliphatic imine (C=N–C) groups is 1. The summed E-state index contributed by atoms with van der Waals surface area (Å²) in [4.78, 5) is 6.58. The lowest BCUT2D eigenvalue weighted by molar-refractivity contribution is 0.184. The molecule has 0 aliphatic carbocycles. The smallest absolute Gasteiger partial charge is 0.0426 e. The Hall–Kier alpha value is -1.05. The lowest BCUT2D eigenvalue weighted by atomic mass is 9.87. The predicted molar refractivity (Wildman–Crippen MR) is 101 cm³/mol. The molecule has 0 aliphatic rings. The quantitative estimate of drug-likeness (QED) is 0.258. The Bertz CT molecular complexity index is 320. The Kier molecular flexibility index (Phi) is 13.0. The first-order valence-corrected chi connectivity index (χ1v) is 9.23. The summed E-state index contributed by atoms with van der Waals surface area (Å²) in [5.41, 5.74) is 0.170. The van der Waals surface area contributed by atoms with Crippen molar-refractivity contribution in [2.75, 3.05) is 0 Å². The number of rotatable bonds is 14. The van der Waals surface area contributed by atoms with Crippen LogP contribution in [0.15, 0.2) is 30.2 Å². The van der Waals surface area contributed by atoms with E-state index in [-0.39, 0.29) is 5.54 Å². The molecule has 0 fully saturated rings. The van der Waals surface area contributed by atoms with Gasteiger partial charge >= 0.3 is 0 Å². The summed E-state index contributed by atoms with van der Waals surface area (Å²) >= 11 is 0. The van der Waals surface area contributed by atoms with Gasteiger partial charge in [0.15, 0.2) is 0 Å².